The van der Waals surface area contributed by atoms with Gasteiger partial charge in [-0.15, -0.1) is 0 Å². The van der Waals surface area contributed by atoms with Crippen LogP contribution in [0.15, 0.2) is 0 Å². The van der Waals surface area contributed by atoms with Crippen molar-refractivity contribution in [2.45, 2.75) is 26.2 Å². The Morgan fingerprint density at radius 3 is 2.53 bits per heavy atom. The molecule has 2 aliphatic heterocycles. The highest BCUT2D eigenvalue weighted by Crippen LogP contribution is 2.35. The molecule has 1 N–H and O–H groups in total. The fourth-order valence-electron chi connectivity index (χ4n) is 3.22. The standard InChI is InChI=1S/C14H26N2O3/c1-2-3-14(13(17)18)4-5-16(12-14)7-6-15-8-10-19-11-9-15/h2-12H2,1H3,(H,17,18). The van der Waals surface area contributed by atoms with Crippen molar-refractivity contribution in [1.82, 2.24) is 9.80 Å². The Hall–Kier alpha value is -0.650. The first-order valence-corrected chi connectivity index (χ1v) is 7.42. The van der Waals surface area contributed by atoms with Gasteiger partial charge in [0.15, 0.2) is 0 Å². The number of aliphatic carboxylic acids is 1. The molecule has 0 aromatic carbocycles. The molecule has 2 aliphatic rings. The van der Waals surface area contributed by atoms with Crippen molar-refractivity contribution in [2.24, 2.45) is 5.41 Å². The normalized spacial score (nSPS) is 29.7. The molecule has 0 amide bonds. The summed E-state index contributed by atoms with van der Waals surface area (Å²) >= 11 is 0. The van der Waals surface area contributed by atoms with Crippen LogP contribution >= 0.6 is 0 Å². The number of carboxylic acids is 1. The molecule has 19 heavy (non-hydrogen) atoms. The van der Waals surface area contributed by atoms with E-state index >= 15 is 0 Å². The van der Waals surface area contributed by atoms with Gasteiger partial charge in [0.2, 0.25) is 0 Å². The minimum Gasteiger partial charge on any atom is -0.481 e. The molecule has 0 saturated carbocycles. The van der Waals surface area contributed by atoms with Crippen LogP contribution in [-0.4, -0.2) is 73.4 Å². The molecule has 110 valence electrons. The molecular weight excluding hydrogens is 244 g/mol. The highest BCUT2D eigenvalue weighted by molar-refractivity contribution is 5.75. The molecule has 2 heterocycles. The van der Waals surface area contributed by atoms with Crippen LogP contribution in [0.5, 0.6) is 0 Å². The van der Waals surface area contributed by atoms with Gasteiger partial charge in [0.25, 0.3) is 0 Å². The van der Waals surface area contributed by atoms with Crippen LogP contribution in [0.2, 0.25) is 0 Å². The maximum Gasteiger partial charge on any atom is 0.310 e. The van der Waals surface area contributed by atoms with Gasteiger partial charge in [-0.05, 0) is 19.4 Å². The molecule has 0 spiro atoms. The molecular formula is C14H26N2O3. The number of ether oxygens (including phenoxy) is 1. The van der Waals surface area contributed by atoms with Gasteiger partial charge in [-0.1, -0.05) is 13.3 Å². The van der Waals surface area contributed by atoms with E-state index in [1.54, 1.807) is 0 Å². The second-order valence-electron chi connectivity index (χ2n) is 5.82. The molecule has 1 unspecified atom stereocenters. The molecule has 0 aromatic rings. The summed E-state index contributed by atoms with van der Waals surface area (Å²) in [6.07, 6.45) is 2.55. The van der Waals surface area contributed by atoms with E-state index in [1.165, 1.54) is 0 Å². The highest BCUT2D eigenvalue weighted by Gasteiger charge is 2.43. The molecule has 2 rings (SSSR count). The Kier molecular flexibility index (Phi) is 5.19. The Morgan fingerprint density at radius 2 is 1.89 bits per heavy atom. The van der Waals surface area contributed by atoms with Gasteiger partial charge in [-0.3, -0.25) is 9.69 Å². The van der Waals surface area contributed by atoms with Crippen molar-refractivity contribution in [3.63, 3.8) is 0 Å². The summed E-state index contributed by atoms with van der Waals surface area (Å²) in [6, 6.07) is 0. The molecule has 0 radical (unpaired) electrons. The topological polar surface area (TPSA) is 53.0 Å². The molecule has 2 fully saturated rings. The quantitative estimate of drug-likeness (QED) is 0.777. The van der Waals surface area contributed by atoms with E-state index in [4.69, 9.17) is 4.74 Å². The molecule has 5 nitrogen and oxygen atoms in total. The van der Waals surface area contributed by atoms with E-state index in [1.807, 2.05) is 0 Å². The van der Waals surface area contributed by atoms with Crippen LogP contribution in [-0.2, 0) is 9.53 Å². The number of rotatable bonds is 6. The third kappa shape index (κ3) is 3.68. The number of hydrogen-bond donors (Lipinski definition) is 1. The van der Waals surface area contributed by atoms with Crippen LogP contribution in [0.3, 0.4) is 0 Å². The van der Waals surface area contributed by atoms with Crippen molar-refractivity contribution in [1.29, 1.82) is 0 Å². The first-order chi connectivity index (χ1) is 9.16. The lowest BCUT2D eigenvalue weighted by Gasteiger charge is -2.29. The summed E-state index contributed by atoms with van der Waals surface area (Å²) in [5.41, 5.74) is -0.486. The number of hydrogen-bond acceptors (Lipinski definition) is 4. The van der Waals surface area contributed by atoms with Crippen LogP contribution in [0.4, 0.5) is 0 Å². The maximum absolute atomic E-state index is 11.5. The summed E-state index contributed by atoms with van der Waals surface area (Å²) in [5.74, 6) is -0.608. The first-order valence-electron chi connectivity index (χ1n) is 7.42. The van der Waals surface area contributed by atoms with E-state index in [2.05, 4.69) is 16.7 Å². The van der Waals surface area contributed by atoms with E-state index in [-0.39, 0.29) is 0 Å². The molecule has 2 saturated heterocycles. The molecule has 0 aromatic heterocycles. The summed E-state index contributed by atoms with van der Waals surface area (Å²) < 4.78 is 5.34. The number of likely N-dealkylation sites (tertiary alicyclic amines) is 1. The Labute approximate surface area is 115 Å². The fourth-order valence-corrected chi connectivity index (χ4v) is 3.22. The Morgan fingerprint density at radius 1 is 1.21 bits per heavy atom. The number of morpholine rings is 1. The zero-order valence-corrected chi connectivity index (χ0v) is 11.9. The Balaban J connectivity index is 1.78. The fraction of sp³-hybridized carbons (Fsp3) is 0.929. The predicted molar refractivity (Wildman–Crippen MR) is 73.3 cm³/mol. The average Bonchev–Trinajstić information content (AvgIpc) is 2.83. The maximum atomic E-state index is 11.5. The second-order valence-corrected chi connectivity index (χ2v) is 5.82. The minimum atomic E-state index is -0.608. The molecule has 5 heteroatoms. The predicted octanol–water partition coefficient (Wildman–Crippen LogP) is 0.895. The van der Waals surface area contributed by atoms with Crippen LogP contribution in [0.25, 0.3) is 0 Å². The lowest BCUT2D eigenvalue weighted by atomic mass is 9.83. The summed E-state index contributed by atoms with van der Waals surface area (Å²) in [5, 5.41) is 9.48. The third-order valence-electron chi connectivity index (χ3n) is 4.45. The summed E-state index contributed by atoms with van der Waals surface area (Å²) in [7, 11) is 0. The molecule has 0 aliphatic carbocycles. The average molecular weight is 270 g/mol. The SMILES string of the molecule is CCCC1(C(=O)O)CCN(CCN2CCOCC2)C1. The second kappa shape index (κ2) is 6.68. The zero-order valence-electron chi connectivity index (χ0n) is 11.9. The number of carboxylic acid groups (broad SMARTS) is 1. The number of carbonyl (C=O) groups is 1. The van der Waals surface area contributed by atoms with Gasteiger partial charge >= 0.3 is 5.97 Å². The van der Waals surface area contributed by atoms with Crippen molar-refractivity contribution in [3.05, 3.63) is 0 Å². The largest absolute Gasteiger partial charge is 0.481 e. The van der Waals surface area contributed by atoms with Gasteiger partial charge in [0.05, 0.1) is 18.6 Å². The zero-order chi connectivity index (χ0) is 13.7. The van der Waals surface area contributed by atoms with Crippen molar-refractivity contribution in [2.75, 3.05) is 52.5 Å². The van der Waals surface area contributed by atoms with Gasteiger partial charge in [0, 0.05) is 32.7 Å². The lowest BCUT2D eigenvalue weighted by molar-refractivity contribution is -0.148. The van der Waals surface area contributed by atoms with Crippen LogP contribution < -0.4 is 0 Å². The van der Waals surface area contributed by atoms with Crippen molar-refractivity contribution in [3.8, 4) is 0 Å². The smallest absolute Gasteiger partial charge is 0.310 e. The van der Waals surface area contributed by atoms with Gasteiger partial charge in [0.1, 0.15) is 0 Å². The minimum absolute atomic E-state index is 0.486. The summed E-state index contributed by atoms with van der Waals surface area (Å²) in [6.45, 7) is 9.41. The van der Waals surface area contributed by atoms with Gasteiger partial charge in [-0.25, -0.2) is 0 Å². The van der Waals surface area contributed by atoms with Gasteiger partial charge < -0.3 is 14.7 Å². The third-order valence-corrected chi connectivity index (χ3v) is 4.45. The Bertz CT molecular complexity index is 305. The van der Waals surface area contributed by atoms with Crippen molar-refractivity contribution >= 4 is 5.97 Å². The van der Waals surface area contributed by atoms with E-state index in [0.29, 0.717) is 0 Å². The first kappa shape index (κ1) is 14.8. The highest BCUT2D eigenvalue weighted by atomic mass is 16.5. The van der Waals surface area contributed by atoms with E-state index in [9.17, 15) is 9.90 Å². The van der Waals surface area contributed by atoms with Crippen LogP contribution in [0.1, 0.15) is 26.2 Å². The van der Waals surface area contributed by atoms with Gasteiger partial charge in [-0.2, -0.15) is 0 Å². The molecule has 1 atom stereocenters. The number of nitrogens with zero attached hydrogens (tertiary/aromatic N) is 2. The lowest BCUT2D eigenvalue weighted by Crippen LogP contribution is -2.42. The monoisotopic (exact) mass is 270 g/mol. The van der Waals surface area contributed by atoms with Crippen LogP contribution in [0, 0.1) is 5.41 Å². The van der Waals surface area contributed by atoms with Crippen molar-refractivity contribution < 1.29 is 14.6 Å². The van der Waals surface area contributed by atoms with E-state index in [0.717, 1.165) is 71.7 Å². The molecule has 0 bridgehead atoms. The van der Waals surface area contributed by atoms with E-state index < -0.39 is 11.4 Å². The summed E-state index contributed by atoms with van der Waals surface area (Å²) in [4.78, 5) is 16.2.